The Labute approximate surface area is 111 Å². The van der Waals surface area contributed by atoms with Gasteiger partial charge in [-0.1, -0.05) is 23.8 Å². The quantitative estimate of drug-likeness (QED) is 0.727. The van der Waals surface area contributed by atoms with Gasteiger partial charge in [0.2, 0.25) is 5.91 Å². The summed E-state index contributed by atoms with van der Waals surface area (Å²) in [4.78, 5) is 11.6. The van der Waals surface area contributed by atoms with Gasteiger partial charge in [0.25, 0.3) is 0 Å². The van der Waals surface area contributed by atoms with E-state index in [0.717, 1.165) is 0 Å². The molecule has 0 bridgehead atoms. The van der Waals surface area contributed by atoms with Crippen LogP contribution in [0.15, 0.2) is 18.2 Å². The molecule has 0 aliphatic rings. The smallest absolute Gasteiger partial charge is 0.241 e. The Balaban J connectivity index is 2.86. The Morgan fingerprint density at radius 3 is 2.65 bits per heavy atom. The molecule has 1 aromatic carbocycles. The first kappa shape index (κ1) is 13.7. The second-order valence-electron chi connectivity index (χ2n) is 3.54. The largest absolute Gasteiger partial charge is 0.389 e. The van der Waals surface area contributed by atoms with E-state index in [9.17, 15) is 4.79 Å². The van der Waals surface area contributed by atoms with Gasteiger partial charge in [-0.3, -0.25) is 4.79 Å². The third kappa shape index (κ3) is 3.57. The molecule has 1 unspecified atom stereocenters. The maximum Gasteiger partial charge on any atom is 0.241 e. The van der Waals surface area contributed by atoms with Gasteiger partial charge in [0.1, 0.15) is 11.0 Å². The van der Waals surface area contributed by atoms with E-state index in [0.29, 0.717) is 16.3 Å². The van der Waals surface area contributed by atoms with Gasteiger partial charge in [-0.25, -0.2) is 0 Å². The van der Waals surface area contributed by atoms with Crippen LogP contribution >= 0.6 is 23.8 Å². The molecule has 1 amide bonds. The number of benzene rings is 1. The Kier molecular flexibility index (Phi) is 4.72. The lowest BCUT2D eigenvalue weighted by atomic mass is 10.2. The molecule has 0 aromatic heterocycles. The molecule has 92 valence electrons. The Morgan fingerprint density at radius 1 is 1.53 bits per heavy atom. The molecule has 0 spiro atoms. The summed E-state index contributed by atoms with van der Waals surface area (Å²) >= 11 is 10.9. The Bertz CT molecular complexity index is 450. The Morgan fingerprint density at radius 2 is 2.18 bits per heavy atom. The topological polar surface area (TPSA) is 67.2 Å². The van der Waals surface area contributed by atoms with Crippen LogP contribution in [0.4, 0.5) is 5.69 Å². The van der Waals surface area contributed by atoms with Crippen LogP contribution in [0.1, 0.15) is 12.5 Å². The molecule has 6 heteroatoms. The first-order valence-corrected chi connectivity index (χ1v) is 5.81. The number of hydrogen-bond donors (Lipinski definition) is 3. The molecular formula is C11H14ClN3OS. The predicted molar refractivity (Wildman–Crippen MR) is 74.5 cm³/mol. The molecule has 1 rings (SSSR count). The molecule has 0 saturated carbocycles. The van der Waals surface area contributed by atoms with Gasteiger partial charge in [0, 0.05) is 12.6 Å². The monoisotopic (exact) mass is 271 g/mol. The molecule has 4 N–H and O–H groups in total. The summed E-state index contributed by atoms with van der Waals surface area (Å²) in [5, 5.41) is 6.03. The molecule has 0 aliphatic carbocycles. The summed E-state index contributed by atoms with van der Waals surface area (Å²) < 4.78 is 0. The van der Waals surface area contributed by atoms with Crippen molar-refractivity contribution in [3.63, 3.8) is 0 Å². The highest BCUT2D eigenvalue weighted by Gasteiger charge is 2.12. The summed E-state index contributed by atoms with van der Waals surface area (Å²) in [6.45, 7) is 1.75. The molecule has 0 saturated heterocycles. The molecule has 1 atom stereocenters. The third-order valence-corrected chi connectivity index (χ3v) is 2.81. The summed E-state index contributed by atoms with van der Waals surface area (Å²) in [6.07, 6.45) is 0. The molecule has 0 fully saturated rings. The van der Waals surface area contributed by atoms with Crippen LogP contribution < -0.4 is 16.4 Å². The van der Waals surface area contributed by atoms with Gasteiger partial charge in [-0.2, -0.15) is 0 Å². The van der Waals surface area contributed by atoms with Crippen molar-refractivity contribution in [2.75, 3.05) is 12.4 Å². The van der Waals surface area contributed by atoms with Crippen molar-refractivity contribution in [1.82, 2.24) is 5.32 Å². The maximum absolute atomic E-state index is 11.3. The van der Waals surface area contributed by atoms with Crippen LogP contribution in [-0.2, 0) is 4.79 Å². The number of thiocarbonyl (C=S) groups is 1. The van der Waals surface area contributed by atoms with Crippen molar-refractivity contribution in [2.45, 2.75) is 13.0 Å². The van der Waals surface area contributed by atoms with Crippen molar-refractivity contribution in [3.8, 4) is 0 Å². The van der Waals surface area contributed by atoms with Crippen molar-refractivity contribution in [3.05, 3.63) is 28.8 Å². The standard InChI is InChI=1S/C11H14ClN3OS/c1-6(11(16)14-2)15-9-4-3-7(10(13)17)5-8(9)12/h3-6,15H,1-2H3,(H2,13,17)(H,14,16). The second-order valence-corrected chi connectivity index (χ2v) is 4.39. The summed E-state index contributed by atoms with van der Waals surface area (Å²) in [6, 6.07) is 4.81. The van der Waals surface area contributed by atoms with E-state index in [1.807, 2.05) is 0 Å². The van der Waals surface area contributed by atoms with Gasteiger partial charge in [-0.05, 0) is 25.1 Å². The lowest BCUT2D eigenvalue weighted by Gasteiger charge is -2.15. The number of anilines is 1. The minimum Gasteiger partial charge on any atom is -0.389 e. The van der Waals surface area contributed by atoms with Crippen molar-refractivity contribution < 1.29 is 4.79 Å². The van der Waals surface area contributed by atoms with Gasteiger partial charge >= 0.3 is 0 Å². The van der Waals surface area contributed by atoms with E-state index in [1.165, 1.54) is 0 Å². The highest BCUT2D eigenvalue weighted by molar-refractivity contribution is 7.80. The highest BCUT2D eigenvalue weighted by atomic mass is 35.5. The van der Waals surface area contributed by atoms with Crippen molar-refractivity contribution in [1.29, 1.82) is 0 Å². The summed E-state index contributed by atoms with van der Waals surface area (Å²) in [5.41, 5.74) is 6.86. The van der Waals surface area contributed by atoms with Gasteiger partial charge in [0.05, 0.1) is 10.7 Å². The molecule has 1 aromatic rings. The fraction of sp³-hybridized carbons (Fsp3) is 0.273. The van der Waals surface area contributed by atoms with E-state index >= 15 is 0 Å². The van der Waals surface area contributed by atoms with Crippen LogP contribution in [0.5, 0.6) is 0 Å². The average Bonchev–Trinajstić information content (AvgIpc) is 2.30. The zero-order valence-electron chi connectivity index (χ0n) is 9.58. The average molecular weight is 272 g/mol. The first-order valence-electron chi connectivity index (χ1n) is 5.03. The van der Waals surface area contributed by atoms with Gasteiger partial charge < -0.3 is 16.4 Å². The summed E-state index contributed by atoms with van der Waals surface area (Å²) in [5.74, 6) is -0.112. The number of halogens is 1. The first-order chi connectivity index (χ1) is 7.95. The highest BCUT2D eigenvalue weighted by Crippen LogP contribution is 2.23. The fourth-order valence-electron chi connectivity index (χ4n) is 1.30. The number of carbonyl (C=O) groups is 1. The van der Waals surface area contributed by atoms with E-state index in [-0.39, 0.29) is 16.9 Å². The SMILES string of the molecule is CNC(=O)C(C)Nc1ccc(C(N)=S)cc1Cl. The van der Waals surface area contributed by atoms with Gasteiger partial charge in [-0.15, -0.1) is 0 Å². The normalized spacial score (nSPS) is 11.7. The lowest BCUT2D eigenvalue weighted by molar-refractivity contribution is -0.121. The van der Waals surface area contributed by atoms with Crippen molar-refractivity contribution >= 4 is 40.4 Å². The molecule has 0 radical (unpaired) electrons. The number of nitrogens with two attached hydrogens (primary N) is 1. The lowest BCUT2D eigenvalue weighted by Crippen LogP contribution is -2.35. The zero-order valence-corrected chi connectivity index (χ0v) is 11.2. The van der Waals surface area contributed by atoms with Crippen LogP contribution in [0.2, 0.25) is 5.02 Å². The minimum atomic E-state index is -0.367. The van der Waals surface area contributed by atoms with Crippen LogP contribution in [0, 0.1) is 0 Å². The number of amides is 1. The van der Waals surface area contributed by atoms with Gasteiger partial charge in [0.15, 0.2) is 0 Å². The van der Waals surface area contributed by atoms with Crippen molar-refractivity contribution in [2.24, 2.45) is 5.73 Å². The number of rotatable bonds is 4. The van der Waals surface area contributed by atoms with Crippen LogP contribution in [0.3, 0.4) is 0 Å². The minimum absolute atomic E-state index is 0.112. The van der Waals surface area contributed by atoms with Crippen LogP contribution in [0.25, 0.3) is 0 Å². The van der Waals surface area contributed by atoms with E-state index in [2.05, 4.69) is 10.6 Å². The molecule has 17 heavy (non-hydrogen) atoms. The molecule has 0 heterocycles. The van der Waals surface area contributed by atoms with Crippen LogP contribution in [-0.4, -0.2) is 24.0 Å². The Hall–Kier alpha value is -1.33. The number of hydrogen-bond acceptors (Lipinski definition) is 3. The number of likely N-dealkylation sites (N-methyl/N-ethyl adjacent to an activating group) is 1. The fourth-order valence-corrected chi connectivity index (χ4v) is 1.66. The maximum atomic E-state index is 11.3. The molecule has 4 nitrogen and oxygen atoms in total. The zero-order chi connectivity index (χ0) is 13.0. The molecule has 0 aliphatic heterocycles. The summed E-state index contributed by atoms with van der Waals surface area (Å²) in [7, 11) is 1.58. The van der Waals surface area contributed by atoms with E-state index < -0.39 is 0 Å². The number of carbonyl (C=O) groups excluding carboxylic acids is 1. The van der Waals surface area contributed by atoms with E-state index in [1.54, 1.807) is 32.2 Å². The predicted octanol–water partition coefficient (Wildman–Crippen LogP) is 1.52. The second kappa shape index (κ2) is 5.84. The third-order valence-electron chi connectivity index (χ3n) is 2.27. The number of nitrogens with one attached hydrogen (secondary N) is 2. The molecular weight excluding hydrogens is 258 g/mol. The van der Waals surface area contributed by atoms with E-state index in [4.69, 9.17) is 29.6 Å².